The number of sulfonamides is 1. The summed E-state index contributed by atoms with van der Waals surface area (Å²) in [6, 6.07) is 7.72. The summed E-state index contributed by atoms with van der Waals surface area (Å²) in [5.74, 6) is -0.753. The van der Waals surface area contributed by atoms with Crippen LogP contribution in [0.3, 0.4) is 0 Å². The van der Waals surface area contributed by atoms with Crippen molar-refractivity contribution in [2.45, 2.75) is 24.3 Å². The molecule has 9 heteroatoms. The molecule has 1 fully saturated rings. The summed E-state index contributed by atoms with van der Waals surface area (Å²) in [6.07, 6.45) is 0.590. The van der Waals surface area contributed by atoms with Crippen molar-refractivity contribution in [1.29, 1.82) is 0 Å². The van der Waals surface area contributed by atoms with Gasteiger partial charge in [0.05, 0.1) is 24.2 Å². The summed E-state index contributed by atoms with van der Waals surface area (Å²) in [7, 11) is -2.44. The zero-order valence-corrected chi connectivity index (χ0v) is 16.3. The number of amides is 1. The lowest BCUT2D eigenvalue weighted by atomic mass is 10.1. The fraction of sp³-hybridized carbons (Fsp3) is 0.316. The quantitative estimate of drug-likeness (QED) is 0.766. The van der Waals surface area contributed by atoms with Gasteiger partial charge in [-0.2, -0.15) is 0 Å². The Bertz CT molecular complexity index is 988. The summed E-state index contributed by atoms with van der Waals surface area (Å²) in [5.41, 5.74) is 1.01. The number of anilines is 1. The Balaban J connectivity index is 1.88. The van der Waals surface area contributed by atoms with Crippen molar-refractivity contribution in [2.75, 3.05) is 25.6 Å². The summed E-state index contributed by atoms with van der Waals surface area (Å²) >= 11 is 0. The Labute approximate surface area is 162 Å². The molecule has 3 rings (SSSR count). The van der Waals surface area contributed by atoms with Crippen molar-refractivity contribution in [3.8, 4) is 5.75 Å². The van der Waals surface area contributed by atoms with Crippen LogP contribution in [-0.4, -0.2) is 40.7 Å². The van der Waals surface area contributed by atoms with Crippen molar-refractivity contribution in [1.82, 2.24) is 4.72 Å². The first-order valence-electron chi connectivity index (χ1n) is 8.66. The Hall–Kier alpha value is -2.49. The van der Waals surface area contributed by atoms with Crippen molar-refractivity contribution in [3.05, 3.63) is 53.3 Å². The van der Waals surface area contributed by atoms with Crippen molar-refractivity contribution in [2.24, 2.45) is 0 Å². The molecule has 1 aliphatic rings. The van der Waals surface area contributed by atoms with E-state index in [1.54, 1.807) is 6.92 Å². The molecule has 0 saturated carbocycles. The number of hydrogen-bond acceptors (Lipinski definition) is 5. The molecule has 28 heavy (non-hydrogen) atoms. The number of methoxy groups -OCH3 is 1. The number of halogens is 1. The standard InChI is InChI=1S/C19H21FN2O5S/c1-12-9-13(20)3-5-17(12)21-19(23)16-10-15(4-6-18(16)26-2)28(24,25)22-14-7-8-27-11-14/h3-6,9-10,14,22H,7-8,11H2,1-2H3,(H,21,23). The van der Waals surface area contributed by atoms with Crippen LogP contribution in [0.5, 0.6) is 5.75 Å². The first-order chi connectivity index (χ1) is 13.3. The van der Waals surface area contributed by atoms with Gasteiger partial charge in [-0.15, -0.1) is 0 Å². The van der Waals surface area contributed by atoms with Gasteiger partial charge in [-0.05, 0) is 55.3 Å². The smallest absolute Gasteiger partial charge is 0.259 e. The van der Waals surface area contributed by atoms with Gasteiger partial charge in [0.15, 0.2) is 0 Å². The van der Waals surface area contributed by atoms with E-state index in [1.807, 2.05) is 0 Å². The summed E-state index contributed by atoms with van der Waals surface area (Å²) < 4.78 is 51.5. The number of benzene rings is 2. The minimum Gasteiger partial charge on any atom is -0.496 e. The summed E-state index contributed by atoms with van der Waals surface area (Å²) in [5, 5.41) is 2.66. The second kappa shape index (κ2) is 8.26. The molecular formula is C19H21FN2O5S. The number of carbonyl (C=O) groups is 1. The number of rotatable bonds is 6. The molecule has 1 unspecified atom stereocenters. The maximum absolute atomic E-state index is 13.3. The molecule has 2 N–H and O–H groups in total. The summed E-state index contributed by atoms with van der Waals surface area (Å²) in [4.78, 5) is 12.7. The third-order valence-electron chi connectivity index (χ3n) is 4.41. The normalized spacial score (nSPS) is 16.8. The highest BCUT2D eigenvalue weighted by Gasteiger charge is 2.25. The predicted octanol–water partition coefficient (Wildman–Crippen LogP) is 2.46. The molecule has 2 aromatic rings. The number of nitrogens with one attached hydrogen (secondary N) is 2. The van der Waals surface area contributed by atoms with Crippen LogP contribution in [-0.2, 0) is 14.8 Å². The fourth-order valence-electron chi connectivity index (χ4n) is 2.90. The molecule has 0 radical (unpaired) electrons. The Morgan fingerprint density at radius 1 is 1.25 bits per heavy atom. The van der Waals surface area contributed by atoms with Crippen LogP contribution >= 0.6 is 0 Å². The second-order valence-electron chi connectivity index (χ2n) is 6.46. The number of aryl methyl sites for hydroxylation is 1. The number of carbonyl (C=O) groups excluding carboxylic acids is 1. The fourth-order valence-corrected chi connectivity index (χ4v) is 4.18. The van der Waals surface area contributed by atoms with Crippen LogP contribution in [0.25, 0.3) is 0 Å². The van der Waals surface area contributed by atoms with E-state index in [-0.39, 0.29) is 22.3 Å². The first-order valence-corrected chi connectivity index (χ1v) is 10.1. The molecule has 0 aliphatic carbocycles. The van der Waals surface area contributed by atoms with E-state index in [9.17, 15) is 17.6 Å². The molecule has 7 nitrogen and oxygen atoms in total. The van der Waals surface area contributed by atoms with E-state index in [1.165, 1.54) is 43.5 Å². The van der Waals surface area contributed by atoms with Crippen LogP contribution in [0.1, 0.15) is 22.3 Å². The third-order valence-corrected chi connectivity index (χ3v) is 5.93. The minimum absolute atomic E-state index is 0.0526. The predicted molar refractivity (Wildman–Crippen MR) is 102 cm³/mol. The number of ether oxygens (including phenoxy) is 2. The SMILES string of the molecule is COc1ccc(S(=O)(=O)NC2CCOC2)cc1C(=O)Nc1ccc(F)cc1C. The maximum atomic E-state index is 13.3. The van der Waals surface area contributed by atoms with Crippen molar-refractivity contribution >= 4 is 21.6 Å². The Morgan fingerprint density at radius 2 is 2.04 bits per heavy atom. The van der Waals surface area contributed by atoms with Crippen LogP contribution < -0.4 is 14.8 Å². The van der Waals surface area contributed by atoms with Gasteiger partial charge < -0.3 is 14.8 Å². The molecule has 150 valence electrons. The largest absolute Gasteiger partial charge is 0.496 e. The zero-order valence-electron chi connectivity index (χ0n) is 15.5. The van der Waals surface area contributed by atoms with E-state index in [4.69, 9.17) is 9.47 Å². The van der Waals surface area contributed by atoms with Crippen LogP contribution in [0.4, 0.5) is 10.1 Å². The highest BCUT2D eigenvalue weighted by Crippen LogP contribution is 2.25. The molecule has 1 heterocycles. The zero-order chi connectivity index (χ0) is 20.3. The van der Waals surface area contributed by atoms with Gasteiger partial charge in [-0.25, -0.2) is 17.5 Å². The van der Waals surface area contributed by atoms with Crippen LogP contribution in [0, 0.1) is 12.7 Å². The summed E-state index contributed by atoms with van der Waals surface area (Å²) in [6.45, 7) is 2.47. The molecule has 0 aromatic heterocycles. The van der Waals surface area contributed by atoms with Gasteiger partial charge in [0.1, 0.15) is 11.6 Å². The molecule has 2 aromatic carbocycles. The lowest BCUT2D eigenvalue weighted by molar-refractivity contribution is 0.102. The van der Waals surface area contributed by atoms with Gasteiger partial charge in [-0.1, -0.05) is 0 Å². The highest BCUT2D eigenvalue weighted by molar-refractivity contribution is 7.89. The molecule has 0 bridgehead atoms. The van der Waals surface area contributed by atoms with Crippen LogP contribution in [0.2, 0.25) is 0 Å². The van der Waals surface area contributed by atoms with Gasteiger partial charge in [-0.3, -0.25) is 4.79 Å². The van der Waals surface area contributed by atoms with E-state index in [0.29, 0.717) is 30.9 Å². The molecule has 1 amide bonds. The average Bonchev–Trinajstić information content (AvgIpc) is 3.15. The number of hydrogen-bond donors (Lipinski definition) is 2. The van der Waals surface area contributed by atoms with Crippen LogP contribution in [0.15, 0.2) is 41.3 Å². The Morgan fingerprint density at radius 3 is 2.68 bits per heavy atom. The van der Waals surface area contributed by atoms with Gasteiger partial charge in [0.25, 0.3) is 5.91 Å². The highest BCUT2D eigenvalue weighted by atomic mass is 32.2. The molecule has 1 saturated heterocycles. The Kier molecular flexibility index (Phi) is 5.97. The average molecular weight is 408 g/mol. The van der Waals surface area contributed by atoms with E-state index in [2.05, 4.69) is 10.0 Å². The van der Waals surface area contributed by atoms with E-state index in [0.717, 1.165) is 0 Å². The molecule has 1 aliphatic heterocycles. The maximum Gasteiger partial charge on any atom is 0.259 e. The van der Waals surface area contributed by atoms with Crippen molar-refractivity contribution < 1.29 is 27.1 Å². The minimum atomic E-state index is -3.83. The van der Waals surface area contributed by atoms with E-state index >= 15 is 0 Å². The second-order valence-corrected chi connectivity index (χ2v) is 8.17. The molecule has 0 spiro atoms. The molecular weight excluding hydrogens is 387 g/mol. The van der Waals surface area contributed by atoms with Gasteiger partial charge >= 0.3 is 0 Å². The third kappa shape index (κ3) is 4.49. The monoisotopic (exact) mass is 408 g/mol. The lowest BCUT2D eigenvalue weighted by Gasteiger charge is -2.15. The van der Waals surface area contributed by atoms with Gasteiger partial charge in [0, 0.05) is 18.3 Å². The van der Waals surface area contributed by atoms with Gasteiger partial charge in [0.2, 0.25) is 10.0 Å². The first kappa shape index (κ1) is 20.2. The topological polar surface area (TPSA) is 93.7 Å². The van der Waals surface area contributed by atoms with E-state index < -0.39 is 21.7 Å². The molecule has 1 atom stereocenters. The lowest BCUT2D eigenvalue weighted by Crippen LogP contribution is -2.35. The van der Waals surface area contributed by atoms with Crippen molar-refractivity contribution in [3.63, 3.8) is 0 Å².